The summed E-state index contributed by atoms with van der Waals surface area (Å²) in [5.74, 6) is 0.829. The lowest BCUT2D eigenvalue weighted by Crippen LogP contribution is -2.27. The summed E-state index contributed by atoms with van der Waals surface area (Å²) >= 11 is 0. The molecular weight excluding hydrogens is 442 g/mol. The minimum absolute atomic E-state index is 0.111. The van der Waals surface area contributed by atoms with Gasteiger partial charge in [-0.2, -0.15) is 10.2 Å². The van der Waals surface area contributed by atoms with Crippen LogP contribution in [0.4, 0.5) is 23.3 Å². The number of nitrogens with zero attached hydrogens (tertiary/aromatic N) is 6. The molecule has 1 aromatic carbocycles. The summed E-state index contributed by atoms with van der Waals surface area (Å²) < 4.78 is 24.9. The molecule has 0 aliphatic carbocycles. The molecule has 33 heavy (non-hydrogen) atoms. The van der Waals surface area contributed by atoms with Crippen molar-refractivity contribution in [3.8, 4) is 6.07 Å². The highest BCUT2D eigenvalue weighted by atomic mass is 32.2. The van der Waals surface area contributed by atoms with E-state index in [2.05, 4.69) is 54.1 Å². The van der Waals surface area contributed by atoms with Gasteiger partial charge in [-0.05, 0) is 36.2 Å². The Labute approximate surface area is 192 Å². The Kier molecular flexibility index (Phi) is 6.34. The van der Waals surface area contributed by atoms with Crippen molar-refractivity contribution in [1.82, 2.24) is 25.3 Å². The first kappa shape index (κ1) is 22.4. The molecule has 1 aliphatic rings. The highest BCUT2D eigenvalue weighted by molar-refractivity contribution is 7.92. The molecule has 11 nitrogen and oxygen atoms in total. The molecule has 12 heteroatoms. The zero-order valence-electron chi connectivity index (χ0n) is 18.2. The van der Waals surface area contributed by atoms with Crippen molar-refractivity contribution in [3.63, 3.8) is 0 Å². The number of sulfonamides is 1. The molecule has 3 N–H and O–H groups in total. The van der Waals surface area contributed by atoms with E-state index < -0.39 is 10.0 Å². The van der Waals surface area contributed by atoms with Crippen molar-refractivity contribution in [2.75, 3.05) is 34.8 Å². The standard InChI is InChI=1S/C21H23N9O2S/c1-30(33(2,31)32)20-18(24-7-8-25-20)13-26-19-16(10-22)12-27-21(29-19)28-17-4-3-15-11-23-6-5-14(15)9-17/h3-4,7-9,12,23H,5-6,11,13H2,1-2H3,(H2,26,27,28,29). The number of nitrogens with one attached hydrogen (secondary N) is 3. The maximum atomic E-state index is 11.9. The summed E-state index contributed by atoms with van der Waals surface area (Å²) in [7, 11) is -2.10. The minimum atomic E-state index is -3.51. The number of anilines is 4. The van der Waals surface area contributed by atoms with E-state index in [4.69, 9.17) is 0 Å². The Morgan fingerprint density at radius 1 is 1.21 bits per heavy atom. The smallest absolute Gasteiger partial charge is 0.233 e. The number of rotatable bonds is 7. The summed E-state index contributed by atoms with van der Waals surface area (Å²) in [6, 6.07) is 8.18. The molecule has 0 atom stereocenters. The third kappa shape index (κ3) is 5.16. The molecule has 2 aromatic heterocycles. The van der Waals surface area contributed by atoms with Gasteiger partial charge in [0, 0.05) is 31.7 Å². The van der Waals surface area contributed by atoms with Gasteiger partial charge in [0.2, 0.25) is 16.0 Å². The Bertz CT molecular complexity index is 1320. The molecule has 0 saturated heterocycles. The van der Waals surface area contributed by atoms with Gasteiger partial charge in [0.1, 0.15) is 23.1 Å². The van der Waals surface area contributed by atoms with Crippen LogP contribution >= 0.6 is 0 Å². The van der Waals surface area contributed by atoms with Crippen LogP contribution in [0.1, 0.15) is 22.4 Å². The van der Waals surface area contributed by atoms with E-state index in [1.54, 1.807) is 0 Å². The molecule has 0 unspecified atom stereocenters. The van der Waals surface area contributed by atoms with Gasteiger partial charge < -0.3 is 16.0 Å². The fourth-order valence-corrected chi connectivity index (χ4v) is 3.88. The van der Waals surface area contributed by atoms with Crippen LogP contribution in [0.2, 0.25) is 0 Å². The SMILES string of the molecule is CN(c1nccnc1CNc1nc(Nc2ccc3c(c2)CCNC3)ncc1C#N)S(C)(=O)=O. The first-order valence-corrected chi connectivity index (χ1v) is 12.0. The molecule has 170 valence electrons. The topological polar surface area (TPSA) is 149 Å². The lowest BCUT2D eigenvalue weighted by atomic mass is 10.0. The lowest BCUT2D eigenvalue weighted by Gasteiger charge is -2.19. The summed E-state index contributed by atoms with van der Waals surface area (Å²) in [5.41, 5.74) is 4.05. The van der Waals surface area contributed by atoms with Crippen LogP contribution in [0, 0.1) is 11.3 Å². The van der Waals surface area contributed by atoms with Gasteiger partial charge in [0.05, 0.1) is 19.0 Å². The van der Waals surface area contributed by atoms with Crippen LogP contribution in [0.3, 0.4) is 0 Å². The third-order valence-electron chi connectivity index (χ3n) is 5.23. The van der Waals surface area contributed by atoms with Gasteiger partial charge in [-0.15, -0.1) is 0 Å². The molecule has 3 aromatic rings. The minimum Gasteiger partial charge on any atom is -0.363 e. The van der Waals surface area contributed by atoms with E-state index >= 15 is 0 Å². The molecule has 3 heterocycles. The van der Waals surface area contributed by atoms with Crippen LogP contribution in [0.25, 0.3) is 0 Å². The molecule has 0 fully saturated rings. The normalized spacial score (nSPS) is 13.0. The summed E-state index contributed by atoms with van der Waals surface area (Å²) in [6.07, 6.45) is 6.36. The summed E-state index contributed by atoms with van der Waals surface area (Å²) in [6.45, 7) is 1.91. The van der Waals surface area contributed by atoms with E-state index in [0.717, 1.165) is 35.8 Å². The van der Waals surface area contributed by atoms with Crippen molar-refractivity contribution < 1.29 is 8.42 Å². The van der Waals surface area contributed by atoms with Crippen molar-refractivity contribution in [2.45, 2.75) is 19.5 Å². The second-order valence-electron chi connectivity index (χ2n) is 7.51. The van der Waals surface area contributed by atoms with Crippen LogP contribution in [0.5, 0.6) is 0 Å². The van der Waals surface area contributed by atoms with Gasteiger partial charge in [0.15, 0.2) is 5.82 Å². The van der Waals surface area contributed by atoms with Crippen molar-refractivity contribution in [3.05, 3.63) is 59.2 Å². The average Bonchev–Trinajstić information content (AvgIpc) is 2.82. The summed E-state index contributed by atoms with van der Waals surface area (Å²) in [4.78, 5) is 17.1. The van der Waals surface area contributed by atoms with Gasteiger partial charge in [-0.25, -0.2) is 18.4 Å². The van der Waals surface area contributed by atoms with Crippen molar-refractivity contribution in [1.29, 1.82) is 5.26 Å². The predicted molar refractivity (Wildman–Crippen MR) is 124 cm³/mol. The maximum absolute atomic E-state index is 11.9. The average molecular weight is 466 g/mol. The van der Waals surface area contributed by atoms with Crippen molar-refractivity contribution in [2.24, 2.45) is 0 Å². The Balaban J connectivity index is 1.55. The van der Waals surface area contributed by atoms with E-state index in [-0.39, 0.29) is 17.9 Å². The van der Waals surface area contributed by atoms with Crippen LogP contribution in [-0.4, -0.2) is 48.2 Å². The second kappa shape index (κ2) is 9.35. The van der Waals surface area contributed by atoms with Gasteiger partial charge >= 0.3 is 0 Å². The second-order valence-corrected chi connectivity index (χ2v) is 9.53. The molecule has 0 bridgehead atoms. The van der Waals surface area contributed by atoms with E-state index in [9.17, 15) is 13.7 Å². The fourth-order valence-electron chi connectivity index (χ4n) is 3.41. The number of benzene rings is 1. The number of aromatic nitrogens is 4. The molecule has 0 amide bonds. The zero-order valence-corrected chi connectivity index (χ0v) is 19.0. The zero-order chi connectivity index (χ0) is 23.4. The Morgan fingerprint density at radius 3 is 2.82 bits per heavy atom. The molecular formula is C21H23N9O2S. The number of fused-ring (bicyclic) bond motifs is 1. The molecule has 4 rings (SSSR count). The number of hydrogen-bond acceptors (Lipinski definition) is 10. The Morgan fingerprint density at radius 2 is 2.03 bits per heavy atom. The highest BCUT2D eigenvalue weighted by Gasteiger charge is 2.18. The molecule has 0 saturated carbocycles. The van der Waals surface area contributed by atoms with E-state index in [1.807, 2.05) is 6.07 Å². The number of hydrogen-bond donors (Lipinski definition) is 3. The van der Waals surface area contributed by atoms with Crippen LogP contribution in [-0.2, 0) is 29.5 Å². The molecule has 0 radical (unpaired) electrons. The monoisotopic (exact) mass is 465 g/mol. The predicted octanol–water partition coefficient (Wildman–Crippen LogP) is 1.54. The van der Waals surface area contributed by atoms with Crippen molar-refractivity contribution >= 4 is 33.3 Å². The van der Waals surface area contributed by atoms with E-state index in [0.29, 0.717) is 17.5 Å². The first-order chi connectivity index (χ1) is 15.8. The first-order valence-electron chi connectivity index (χ1n) is 10.2. The largest absolute Gasteiger partial charge is 0.363 e. The van der Waals surface area contributed by atoms with Gasteiger partial charge in [-0.3, -0.25) is 9.29 Å². The van der Waals surface area contributed by atoms with E-state index in [1.165, 1.54) is 36.8 Å². The lowest BCUT2D eigenvalue weighted by molar-refractivity contribution is 0.599. The van der Waals surface area contributed by atoms with Crippen LogP contribution in [0.15, 0.2) is 36.8 Å². The van der Waals surface area contributed by atoms with Gasteiger partial charge in [-0.1, -0.05) is 6.07 Å². The fraction of sp³-hybridized carbons (Fsp3) is 0.286. The van der Waals surface area contributed by atoms with Gasteiger partial charge in [0.25, 0.3) is 0 Å². The molecule has 1 aliphatic heterocycles. The number of nitriles is 1. The third-order valence-corrected chi connectivity index (χ3v) is 6.40. The quantitative estimate of drug-likeness (QED) is 0.469. The summed E-state index contributed by atoms with van der Waals surface area (Å²) in [5, 5.41) is 19.1. The highest BCUT2D eigenvalue weighted by Crippen LogP contribution is 2.23. The molecule has 0 spiro atoms. The van der Waals surface area contributed by atoms with Crippen LogP contribution < -0.4 is 20.3 Å². The maximum Gasteiger partial charge on any atom is 0.233 e. The Hall–Kier alpha value is -3.82.